The monoisotopic (exact) mass is 338 g/mol. The van der Waals surface area contributed by atoms with E-state index in [2.05, 4.69) is 0 Å². The molecule has 1 heterocycles. The number of benzene rings is 2. The lowest BCUT2D eigenvalue weighted by atomic mass is 9.98. The molecule has 1 aromatic heterocycles. The SMILES string of the molecule is O=C(O)C(Cc1ccc(OCc2ccccc2)cc1)c1cccs1. The van der Waals surface area contributed by atoms with E-state index in [1.807, 2.05) is 72.1 Å². The van der Waals surface area contributed by atoms with Crippen LogP contribution in [0.4, 0.5) is 0 Å². The molecule has 3 rings (SSSR count). The maximum absolute atomic E-state index is 11.5. The van der Waals surface area contributed by atoms with Gasteiger partial charge >= 0.3 is 5.97 Å². The minimum Gasteiger partial charge on any atom is -0.489 e. The number of aliphatic carboxylic acids is 1. The highest BCUT2D eigenvalue weighted by atomic mass is 32.1. The molecule has 3 nitrogen and oxygen atoms in total. The Balaban J connectivity index is 1.62. The Hall–Kier alpha value is -2.59. The van der Waals surface area contributed by atoms with E-state index >= 15 is 0 Å². The molecule has 122 valence electrons. The predicted molar refractivity (Wildman–Crippen MR) is 95.6 cm³/mol. The van der Waals surface area contributed by atoms with Crippen molar-refractivity contribution in [3.63, 3.8) is 0 Å². The summed E-state index contributed by atoms with van der Waals surface area (Å²) in [6, 6.07) is 21.4. The molecule has 1 unspecified atom stereocenters. The molecular weight excluding hydrogens is 320 g/mol. The van der Waals surface area contributed by atoms with Crippen LogP contribution >= 0.6 is 11.3 Å². The van der Waals surface area contributed by atoms with Gasteiger partial charge in [0.1, 0.15) is 12.4 Å². The van der Waals surface area contributed by atoms with Crippen LogP contribution in [0.15, 0.2) is 72.1 Å². The van der Waals surface area contributed by atoms with Crippen molar-refractivity contribution < 1.29 is 14.6 Å². The molecule has 2 aromatic carbocycles. The van der Waals surface area contributed by atoms with E-state index in [-0.39, 0.29) is 0 Å². The van der Waals surface area contributed by atoms with Gasteiger partial charge < -0.3 is 9.84 Å². The molecule has 0 radical (unpaired) electrons. The quantitative estimate of drug-likeness (QED) is 0.677. The van der Waals surface area contributed by atoms with Gasteiger partial charge in [-0.05, 0) is 41.1 Å². The van der Waals surface area contributed by atoms with Gasteiger partial charge in [-0.2, -0.15) is 0 Å². The minimum absolute atomic E-state index is 0.481. The highest BCUT2D eigenvalue weighted by Crippen LogP contribution is 2.26. The summed E-state index contributed by atoms with van der Waals surface area (Å²) in [5, 5.41) is 11.4. The van der Waals surface area contributed by atoms with Crippen LogP contribution in [0, 0.1) is 0 Å². The van der Waals surface area contributed by atoms with Gasteiger partial charge in [-0.3, -0.25) is 4.79 Å². The van der Waals surface area contributed by atoms with Crippen LogP contribution in [0.5, 0.6) is 5.75 Å². The molecule has 0 aliphatic heterocycles. The third kappa shape index (κ3) is 4.24. The van der Waals surface area contributed by atoms with Crippen LogP contribution in [0.1, 0.15) is 21.9 Å². The van der Waals surface area contributed by atoms with Gasteiger partial charge in [-0.1, -0.05) is 48.5 Å². The minimum atomic E-state index is -0.790. The summed E-state index contributed by atoms with van der Waals surface area (Å²) < 4.78 is 5.76. The van der Waals surface area contributed by atoms with Crippen molar-refractivity contribution in [3.8, 4) is 5.75 Å². The number of ether oxygens (including phenoxy) is 1. The van der Waals surface area contributed by atoms with Gasteiger partial charge in [0.2, 0.25) is 0 Å². The molecule has 1 N–H and O–H groups in total. The van der Waals surface area contributed by atoms with Gasteiger partial charge in [0.15, 0.2) is 0 Å². The van der Waals surface area contributed by atoms with E-state index in [1.54, 1.807) is 0 Å². The van der Waals surface area contributed by atoms with E-state index in [4.69, 9.17) is 4.74 Å². The molecule has 0 aliphatic rings. The zero-order valence-corrected chi connectivity index (χ0v) is 13.9. The van der Waals surface area contributed by atoms with Crippen LogP contribution in [-0.4, -0.2) is 11.1 Å². The third-order valence-electron chi connectivity index (χ3n) is 3.80. The summed E-state index contributed by atoms with van der Waals surface area (Å²) in [7, 11) is 0. The number of hydrogen-bond donors (Lipinski definition) is 1. The standard InChI is InChI=1S/C20H18O3S/c21-20(22)18(19-7-4-12-24-19)13-15-8-10-17(11-9-15)23-14-16-5-2-1-3-6-16/h1-12,18H,13-14H2,(H,21,22). The summed E-state index contributed by atoms with van der Waals surface area (Å²) in [5.74, 6) is -0.506. The molecule has 0 fully saturated rings. The number of carbonyl (C=O) groups is 1. The molecule has 0 bridgehead atoms. The Labute approximate surface area is 145 Å². The van der Waals surface area contributed by atoms with Gasteiger partial charge in [0, 0.05) is 4.88 Å². The first-order valence-electron chi connectivity index (χ1n) is 7.74. The average Bonchev–Trinajstić information content (AvgIpc) is 3.14. The van der Waals surface area contributed by atoms with E-state index in [1.165, 1.54) is 11.3 Å². The van der Waals surface area contributed by atoms with Crippen molar-refractivity contribution in [2.24, 2.45) is 0 Å². The van der Waals surface area contributed by atoms with Crippen molar-refractivity contribution in [2.75, 3.05) is 0 Å². The fraction of sp³-hybridized carbons (Fsp3) is 0.150. The Kier molecular flexibility index (Phi) is 5.29. The predicted octanol–water partition coefficient (Wildman–Crippen LogP) is 4.74. The fourth-order valence-corrected chi connectivity index (χ4v) is 3.32. The van der Waals surface area contributed by atoms with Crippen LogP contribution in [-0.2, 0) is 17.8 Å². The molecular formula is C20H18O3S. The first-order valence-corrected chi connectivity index (χ1v) is 8.62. The number of rotatable bonds is 7. The Morgan fingerprint density at radius 2 is 1.71 bits per heavy atom. The van der Waals surface area contributed by atoms with E-state index in [9.17, 15) is 9.90 Å². The smallest absolute Gasteiger partial charge is 0.312 e. The van der Waals surface area contributed by atoms with Crippen molar-refractivity contribution in [1.29, 1.82) is 0 Å². The van der Waals surface area contributed by atoms with Crippen molar-refractivity contribution in [1.82, 2.24) is 0 Å². The summed E-state index contributed by atoms with van der Waals surface area (Å²) in [6.07, 6.45) is 0.481. The van der Waals surface area contributed by atoms with E-state index < -0.39 is 11.9 Å². The molecule has 3 aromatic rings. The van der Waals surface area contributed by atoms with Crippen LogP contribution in [0.3, 0.4) is 0 Å². The van der Waals surface area contributed by atoms with E-state index in [0.717, 1.165) is 21.8 Å². The van der Waals surface area contributed by atoms with Crippen molar-refractivity contribution in [3.05, 3.63) is 88.1 Å². The zero-order chi connectivity index (χ0) is 16.8. The third-order valence-corrected chi connectivity index (χ3v) is 4.78. The lowest BCUT2D eigenvalue weighted by Crippen LogP contribution is -2.13. The van der Waals surface area contributed by atoms with Crippen LogP contribution in [0.2, 0.25) is 0 Å². The number of thiophene rings is 1. The summed E-state index contributed by atoms with van der Waals surface area (Å²) >= 11 is 1.48. The lowest BCUT2D eigenvalue weighted by Gasteiger charge is -2.11. The van der Waals surface area contributed by atoms with Crippen LogP contribution in [0.25, 0.3) is 0 Å². The molecule has 0 aliphatic carbocycles. The number of hydrogen-bond acceptors (Lipinski definition) is 3. The Bertz CT molecular complexity index is 764. The topological polar surface area (TPSA) is 46.5 Å². The molecule has 0 amide bonds. The highest BCUT2D eigenvalue weighted by molar-refractivity contribution is 7.10. The average molecular weight is 338 g/mol. The zero-order valence-electron chi connectivity index (χ0n) is 13.1. The Morgan fingerprint density at radius 3 is 2.33 bits per heavy atom. The van der Waals surface area contributed by atoms with Crippen molar-refractivity contribution in [2.45, 2.75) is 18.9 Å². The van der Waals surface area contributed by atoms with Crippen molar-refractivity contribution >= 4 is 17.3 Å². The number of carboxylic acids is 1. The fourth-order valence-electron chi connectivity index (χ4n) is 2.50. The molecule has 0 spiro atoms. The highest BCUT2D eigenvalue weighted by Gasteiger charge is 2.21. The van der Waals surface area contributed by atoms with Gasteiger partial charge in [0.25, 0.3) is 0 Å². The molecule has 0 saturated heterocycles. The second kappa shape index (κ2) is 7.79. The molecule has 0 saturated carbocycles. The summed E-state index contributed by atoms with van der Waals surface area (Å²) in [4.78, 5) is 12.4. The Morgan fingerprint density at radius 1 is 0.958 bits per heavy atom. The second-order valence-electron chi connectivity index (χ2n) is 5.53. The second-order valence-corrected chi connectivity index (χ2v) is 6.51. The van der Waals surface area contributed by atoms with Gasteiger partial charge in [-0.25, -0.2) is 0 Å². The normalized spacial score (nSPS) is 11.8. The van der Waals surface area contributed by atoms with E-state index in [0.29, 0.717) is 13.0 Å². The molecule has 24 heavy (non-hydrogen) atoms. The lowest BCUT2D eigenvalue weighted by molar-refractivity contribution is -0.138. The molecule has 4 heteroatoms. The van der Waals surface area contributed by atoms with Gasteiger partial charge in [-0.15, -0.1) is 11.3 Å². The molecule has 1 atom stereocenters. The maximum Gasteiger partial charge on any atom is 0.312 e. The first kappa shape index (κ1) is 16.3. The maximum atomic E-state index is 11.5. The largest absolute Gasteiger partial charge is 0.489 e. The summed E-state index contributed by atoms with van der Waals surface area (Å²) in [6.45, 7) is 0.521. The van der Waals surface area contributed by atoms with Crippen LogP contribution < -0.4 is 4.74 Å². The number of carboxylic acid groups (broad SMARTS) is 1. The first-order chi connectivity index (χ1) is 11.7. The van der Waals surface area contributed by atoms with Gasteiger partial charge in [0.05, 0.1) is 5.92 Å². The summed E-state index contributed by atoms with van der Waals surface area (Å²) in [5.41, 5.74) is 2.10.